The summed E-state index contributed by atoms with van der Waals surface area (Å²) in [6.45, 7) is 2.03. The molecule has 160 valence electrons. The van der Waals surface area contributed by atoms with E-state index in [9.17, 15) is 9.59 Å². The molecular formula is C20H27Cl2N3O4. The van der Waals surface area contributed by atoms with E-state index in [-0.39, 0.29) is 55.8 Å². The minimum Gasteiger partial charge on any atom is -0.493 e. The highest BCUT2D eigenvalue weighted by atomic mass is 35.5. The number of methoxy groups -OCH3 is 2. The summed E-state index contributed by atoms with van der Waals surface area (Å²) in [5, 5.41) is 5.65. The SMILES string of the molecule is COc1ccc([C@@H](C)NC(=O)c2ccccc2CNC(=O)CN)cc1OC.Cl.Cl. The first-order chi connectivity index (χ1) is 13.0. The number of rotatable bonds is 8. The highest BCUT2D eigenvalue weighted by Crippen LogP contribution is 2.30. The van der Waals surface area contributed by atoms with Crippen molar-refractivity contribution < 1.29 is 19.1 Å². The summed E-state index contributed by atoms with van der Waals surface area (Å²) in [4.78, 5) is 24.1. The quantitative estimate of drug-likeness (QED) is 0.581. The molecule has 9 heteroatoms. The lowest BCUT2D eigenvalue weighted by Gasteiger charge is -2.18. The number of ether oxygens (including phenoxy) is 2. The van der Waals surface area contributed by atoms with Crippen molar-refractivity contribution in [2.45, 2.75) is 19.5 Å². The maximum absolute atomic E-state index is 12.7. The summed E-state index contributed by atoms with van der Waals surface area (Å²) in [5.41, 5.74) is 7.40. The van der Waals surface area contributed by atoms with E-state index in [4.69, 9.17) is 15.2 Å². The van der Waals surface area contributed by atoms with Gasteiger partial charge in [0, 0.05) is 12.1 Å². The van der Waals surface area contributed by atoms with Crippen molar-refractivity contribution in [1.82, 2.24) is 10.6 Å². The maximum Gasteiger partial charge on any atom is 0.252 e. The average Bonchev–Trinajstić information content (AvgIpc) is 2.71. The van der Waals surface area contributed by atoms with Crippen LogP contribution in [0.3, 0.4) is 0 Å². The van der Waals surface area contributed by atoms with Crippen molar-refractivity contribution in [3.05, 3.63) is 59.2 Å². The first-order valence-electron chi connectivity index (χ1n) is 8.57. The molecule has 29 heavy (non-hydrogen) atoms. The Morgan fingerprint density at radius 2 is 1.69 bits per heavy atom. The Morgan fingerprint density at radius 1 is 1.03 bits per heavy atom. The monoisotopic (exact) mass is 443 g/mol. The van der Waals surface area contributed by atoms with E-state index < -0.39 is 0 Å². The highest BCUT2D eigenvalue weighted by molar-refractivity contribution is 5.96. The van der Waals surface area contributed by atoms with Gasteiger partial charge in [-0.05, 0) is 36.2 Å². The topological polar surface area (TPSA) is 103 Å². The van der Waals surface area contributed by atoms with Gasteiger partial charge in [-0.15, -0.1) is 24.8 Å². The van der Waals surface area contributed by atoms with Gasteiger partial charge in [0.15, 0.2) is 11.5 Å². The minimum atomic E-state index is -0.274. The molecule has 1 atom stereocenters. The van der Waals surface area contributed by atoms with E-state index in [0.29, 0.717) is 17.1 Å². The molecule has 0 aliphatic rings. The van der Waals surface area contributed by atoms with E-state index in [1.54, 1.807) is 38.5 Å². The van der Waals surface area contributed by atoms with Crippen LogP contribution in [-0.4, -0.2) is 32.6 Å². The molecule has 0 fully saturated rings. The number of halogens is 2. The van der Waals surface area contributed by atoms with Crippen LogP contribution in [0.5, 0.6) is 11.5 Å². The number of nitrogens with one attached hydrogen (secondary N) is 2. The van der Waals surface area contributed by atoms with Gasteiger partial charge in [-0.1, -0.05) is 24.3 Å². The average molecular weight is 444 g/mol. The molecule has 4 N–H and O–H groups in total. The Morgan fingerprint density at radius 3 is 2.31 bits per heavy atom. The molecule has 2 rings (SSSR count). The first-order valence-corrected chi connectivity index (χ1v) is 8.57. The molecule has 0 aliphatic carbocycles. The molecule has 0 aromatic heterocycles. The molecule has 0 spiro atoms. The Labute approximate surface area is 183 Å². The standard InChI is InChI=1S/C20H25N3O4.2ClH/c1-13(14-8-9-17(26-2)18(10-14)27-3)23-20(25)16-7-5-4-6-15(16)12-22-19(24)11-21;;/h4-10,13H,11-12,21H2,1-3H3,(H,22,24)(H,23,25);2*1H/t13-;;/m1../s1. The molecule has 0 aliphatic heterocycles. The van der Waals surface area contributed by atoms with Crippen molar-refractivity contribution in [3.63, 3.8) is 0 Å². The highest BCUT2D eigenvalue weighted by Gasteiger charge is 2.16. The summed E-state index contributed by atoms with van der Waals surface area (Å²) in [6, 6.07) is 12.4. The third kappa shape index (κ3) is 7.12. The number of hydrogen-bond donors (Lipinski definition) is 3. The predicted molar refractivity (Wildman–Crippen MR) is 117 cm³/mol. The molecule has 0 saturated carbocycles. The third-order valence-corrected chi connectivity index (χ3v) is 4.18. The summed E-state index contributed by atoms with van der Waals surface area (Å²) < 4.78 is 10.5. The minimum absolute atomic E-state index is 0. The number of carbonyl (C=O) groups excluding carboxylic acids is 2. The molecule has 0 unspecified atom stereocenters. The Balaban J connectivity index is 0.00000392. The van der Waals surface area contributed by atoms with E-state index in [0.717, 1.165) is 11.1 Å². The molecule has 0 bridgehead atoms. The van der Waals surface area contributed by atoms with Crippen LogP contribution in [0.15, 0.2) is 42.5 Å². The molecule has 2 aromatic carbocycles. The number of amides is 2. The van der Waals surface area contributed by atoms with Gasteiger partial charge in [-0.2, -0.15) is 0 Å². The van der Waals surface area contributed by atoms with E-state index in [1.165, 1.54) is 0 Å². The molecule has 7 nitrogen and oxygen atoms in total. The van der Waals surface area contributed by atoms with Gasteiger partial charge < -0.3 is 25.8 Å². The van der Waals surface area contributed by atoms with Gasteiger partial charge >= 0.3 is 0 Å². The number of hydrogen-bond acceptors (Lipinski definition) is 5. The summed E-state index contributed by atoms with van der Waals surface area (Å²) in [7, 11) is 3.14. The fourth-order valence-corrected chi connectivity index (χ4v) is 2.64. The van der Waals surface area contributed by atoms with Crippen LogP contribution >= 0.6 is 24.8 Å². The maximum atomic E-state index is 12.7. The van der Waals surface area contributed by atoms with Crippen molar-refractivity contribution in [2.24, 2.45) is 5.73 Å². The zero-order valence-electron chi connectivity index (χ0n) is 16.6. The zero-order chi connectivity index (χ0) is 19.8. The van der Waals surface area contributed by atoms with Crippen LogP contribution in [0.4, 0.5) is 0 Å². The molecule has 2 amide bonds. The normalized spacial score (nSPS) is 10.6. The first kappa shape index (κ1) is 26.5. The van der Waals surface area contributed by atoms with Gasteiger partial charge in [-0.25, -0.2) is 0 Å². The van der Waals surface area contributed by atoms with E-state index in [2.05, 4.69) is 10.6 Å². The smallest absolute Gasteiger partial charge is 0.252 e. The van der Waals surface area contributed by atoms with Crippen LogP contribution in [0.1, 0.15) is 34.5 Å². The van der Waals surface area contributed by atoms with Crippen molar-refractivity contribution in [2.75, 3.05) is 20.8 Å². The Hall–Kier alpha value is -2.48. The fraction of sp³-hybridized carbons (Fsp3) is 0.300. The summed E-state index contributed by atoms with van der Waals surface area (Å²) >= 11 is 0. The van der Waals surface area contributed by atoms with Gasteiger partial charge in [0.2, 0.25) is 5.91 Å². The summed E-state index contributed by atoms with van der Waals surface area (Å²) in [6.07, 6.45) is 0. The van der Waals surface area contributed by atoms with Crippen molar-refractivity contribution in [3.8, 4) is 11.5 Å². The van der Waals surface area contributed by atoms with Crippen LogP contribution in [0, 0.1) is 0 Å². The van der Waals surface area contributed by atoms with Crippen molar-refractivity contribution in [1.29, 1.82) is 0 Å². The fourth-order valence-electron chi connectivity index (χ4n) is 2.64. The number of carbonyl (C=O) groups is 2. The van der Waals surface area contributed by atoms with Gasteiger partial charge in [0.25, 0.3) is 5.91 Å². The van der Waals surface area contributed by atoms with Crippen LogP contribution in [0.25, 0.3) is 0 Å². The number of nitrogens with two attached hydrogens (primary N) is 1. The Kier molecular flexibility index (Phi) is 11.8. The van der Waals surface area contributed by atoms with Gasteiger partial charge in [0.1, 0.15) is 0 Å². The van der Waals surface area contributed by atoms with Gasteiger partial charge in [0.05, 0.1) is 26.8 Å². The van der Waals surface area contributed by atoms with E-state index >= 15 is 0 Å². The molecule has 0 heterocycles. The predicted octanol–water partition coefficient (Wildman–Crippen LogP) is 2.61. The second-order valence-electron chi connectivity index (χ2n) is 5.95. The third-order valence-electron chi connectivity index (χ3n) is 4.18. The number of benzene rings is 2. The second-order valence-corrected chi connectivity index (χ2v) is 5.95. The molecule has 0 radical (unpaired) electrons. The Bertz CT molecular complexity index is 818. The second kappa shape index (κ2) is 12.9. The molecule has 0 saturated heterocycles. The lowest BCUT2D eigenvalue weighted by molar-refractivity contribution is -0.119. The lowest BCUT2D eigenvalue weighted by atomic mass is 10.0. The van der Waals surface area contributed by atoms with Gasteiger partial charge in [-0.3, -0.25) is 9.59 Å². The molecule has 2 aromatic rings. The van der Waals surface area contributed by atoms with E-state index in [1.807, 2.05) is 25.1 Å². The molecular weight excluding hydrogens is 417 g/mol. The lowest BCUT2D eigenvalue weighted by Crippen LogP contribution is -2.32. The largest absolute Gasteiger partial charge is 0.493 e. The van der Waals surface area contributed by atoms with Crippen LogP contribution < -0.4 is 25.8 Å². The zero-order valence-corrected chi connectivity index (χ0v) is 18.2. The van der Waals surface area contributed by atoms with Crippen molar-refractivity contribution >= 4 is 36.6 Å². The van der Waals surface area contributed by atoms with Crippen LogP contribution in [-0.2, 0) is 11.3 Å². The van der Waals surface area contributed by atoms with Crippen LogP contribution in [0.2, 0.25) is 0 Å². The summed E-state index contributed by atoms with van der Waals surface area (Å²) in [5.74, 6) is 0.723.